The van der Waals surface area contributed by atoms with Crippen LogP contribution < -0.4 is 10.6 Å². The molecular weight excluding hydrogens is 223 g/mol. The van der Waals surface area contributed by atoms with E-state index >= 15 is 0 Å². The molecule has 2 rings (SSSR count). The Hall–Kier alpha value is -0.510. The molecule has 5 heteroatoms. The maximum absolute atomic E-state index is 11.0. The molecule has 1 saturated heterocycles. The summed E-state index contributed by atoms with van der Waals surface area (Å²) in [7, 11) is 0. The van der Waals surface area contributed by atoms with Crippen LogP contribution in [0.5, 0.6) is 0 Å². The third-order valence-electron chi connectivity index (χ3n) is 2.27. The van der Waals surface area contributed by atoms with Gasteiger partial charge in [0.2, 0.25) is 5.91 Å². The van der Waals surface area contributed by atoms with Gasteiger partial charge in [-0.3, -0.25) is 10.1 Å². The first-order valence-electron chi connectivity index (χ1n) is 4.41. The number of allylic oxidation sites excluding steroid dienone is 2. The zero-order valence-corrected chi connectivity index (χ0v) is 8.90. The normalized spacial score (nSPS) is 32.3. The Morgan fingerprint density at radius 2 is 2.29 bits per heavy atom. The van der Waals surface area contributed by atoms with Crippen molar-refractivity contribution in [3.05, 3.63) is 22.8 Å². The second kappa shape index (κ2) is 3.93. The highest BCUT2D eigenvalue weighted by Gasteiger charge is 2.25. The molecule has 0 aromatic rings. The van der Waals surface area contributed by atoms with Gasteiger partial charge in [-0.05, 0) is 18.1 Å². The Kier molecular flexibility index (Phi) is 2.81. The van der Waals surface area contributed by atoms with Gasteiger partial charge in [0.1, 0.15) is 6.17 Å². The fraction of sp³-hybridized carbons (Fsp3) is 0.444. The molecule has 0 saturated carbocycles. The molecule has 1 aliphatic heterocycles. The number of hydrogen-bond donors (Lipinski definition) is 2. The van der Waals surface area contributed by atoms with Gasteiger partial charge < -0.3 is 5.32 Å². The fourth-order valence-electron chi connectivity index (χ4n) is 1.52. The molecule has 14 heavy (non-hydrogen) atoms. The Morgan fingerprint density at radius 3 is 2.86 bits per heavy atom. The summed E-state index contributed by atoms with van der Waals surface area (Å²) in [6.45, 7) is 0.359. The quantitative estimate of drug-likeness (QED) is 0.665. The van der Waals surface area contributed by atoms with Crippen LogP contribution in [-0.4, -0.2) is 24.0 Å². The first-order chi connectivity index (χ1) is 6.66. The summed E-state index contributed by atoms with van der Waals surface area (Å²) in [4.78, 5) is 11.0. The minimum absolute atomic E-state index is 0.00780. The number of carbonyl (C=O) groups is 1. The molecule has 1 fully saturated rings. The second-order valence-corrected chi connectivity index (χ2v) is 4.28. The zero-order chi connectivity index (χ0) is 10.1. The van der Waals surface area contributed by atoms with E-state index in [2.05, 4.69) is 10.6 Å². The average molecular weight is 233 g/mol. The van der Waals surface area contributed by atoms with Crippen molar-refractivity contribution >= 4 is 29.1 Å². The van der Waals surface area contributed by atoms with Crippen LogP contribution >= 0.6 is 23.2 Å². The lowest BCUT2D eigenvalue weighted by Crippen LogP contribution is -2.34. The lowest BCUT2D eigenvalue weighted by Gasteiger charge is -2.18. The van der Waals surface area contributed by atoms with E-state index in [4.69, 9.17) is 23.2 Å². The predicted octanol–water partition coefficient (Wildman–Crippen LogP) is 1.09. The van der Waals surface area contributed by atoms with Gasteiger partial charge in [-0.2, -0.15) is 0 Å². The number of carbonyl (C=O) groups excluding carboxylic acids is 1. The van der Waals surface area contributed by atoms with Gasteiger partial charge in [0.25, 0.3) is 0 Å². The molecular formula is C9H10Cl2N2O. The highest BCUT2D eigenvalue weighted by Crippen LogP contribution is 2.26. The van der Waals surface area contributed by atoms with E-state index in [9.17, 15) is 4.79 Å². The molecule has 2 aliphatic rings. The van der Waals surface area contributed by atoms with Crippen LogP contribution in [0.4, 0.5) is 0 Å². The fourth-order valence-corrected chi connectivity index (χ4v) is 1.89. The minimum Gasteiger partial charge on any atom is -0.336 e. The molecule has 0 bridgehead atoms. The Balaban J connectivity index is 2.10. The lowest BCUT2D eigenvalue weighted by molar-refractivity contribution is -0.118. The van der Waals surface area contributed by atoms with Gasteiger partial charge >= 0.3 is 0 Å². The van der Waals surface area contributed by atoms with E-state index in [1.807, 2.05) is 12.2 Å². The molecule has 0 aromatic carbocycles. The van der Waals surface area contributed by atoms with Crippen molar-refractivity contribution in [3.63, 3.8) is 0 Å². The molecule has 2 atom stereocenters. The van der Waals surface area contributed by atoms with E-state index < -0.39 is 0 Å². The monoisotopic (exact) mass is 232 g/mol. The number of alkyl halides is 1. The van der Waals surface area contributed by atoms with Crippen molar-refractivity contribution in [1.82, 2.24) is 10.6 Å². The van der Waals surface area contributed by atoms with Crippen molar-refractivity contribution in [2.75, 3.05) is 6.54 Å². The number of hydrogen-bond acceptors (Lipinski definition) is 2. The van der Waals surface area contributed by atoms with Crippen LogP contribution in [0, 0.1) is 0 Å². The summed E-state index contributed by atoms with van der Waals surface area (Å²) in [6, 6.07) is 0. The van der Waals surface area contributed by atoms with Crippen LogP contribution in [0.25, 0.3) is 0 Å². The van der Waals surface area contributed by atoms with Gasteiger partial charge in [0.05, 0.1) is 11.9 Å². The molecule has 2 N–H and O–H groups in total. The summed E-state index contributed by atoms with van der Waals surface area (Å²) in [5, 5.41) is 6.33. The second-order valence-electron chi connectivity index (χ2n) is 3.32. The predicted molar refractivity (Wildman–Crippen MR) is 56.2 cm³/mol. The van der Waals surface area contributed by atoms with Crippen LogP contribution in [0.15, 0.2) is 22.8 Å². The molecule has 1 heterocycles. The third kappa shape index (κ3) is 1.95. The molecule has 0 aromatic heterocycles. The van der Waals surface area contributed by atoms with E-state index in [-0.39, 0.29) is 17.5 Å². The van der Waals surface area contributed by atoms with E-state index in [1.54, 1.807) is 0 Å². The van der Waals surface area contributed by atoms with Crippen LogP contribution in [-0.2, 0) is 4.79 Å². The molecule has 76 valence electrons. The summed E-state index contributed by atoms with van der Waals surface area (Å²) in [5.41, 5.74) is 0.984. The minimum atomic E-state index is -0.127. The number of amides is 1. The van der Waals surface area contributed by atoms with Gasteiger partial charge in [-0.15, -0.1) is 11.6 Å². The first-order valence-corrected chi connectivity index (χ1v) is 5.22. The molecule has 0 spiro atoms. The average Bonchev–Trinajstić information content (AvgIpc) is 2.57. The summed E-state index contributed by atoms with van der Waals surface area (Å²) >= 11 is 11.8. The standard InChI is InChI=1S/C9H10Cl2N2O/c10-6-2-1-5(3-7(6)11)9-12-4-8(14)13-9/h1,3,6,9,12H,2,4H2,(H,13,14). The van der Waals surface area contributed by atoms with Crippen molar-refractivity contribution in [2.45, 2.75) is 18.0 Å². The Bertz CT molecular complexity index is 325. The number of rotatable bonds is 1. The van der Waals surface area contributed by atoms with E-state index in [1.165, 1.54) is 0 Å². The van der Waals surface area contributed by atoms with Crippen molar-refractivity contribution in [1.29, 1.82) is 0 Å². The molecule has 1 aliphatic carbocycles. The van der Waals surface area contributed by atoms with Crippen molar-refractivity contribution in [2.24, 2.45) is 0 Å². The SMILES string of the molecule is O=C1CNC(C2=CCC(Cl)C(Cl)=C2)N1. The van der Waals surface area contributed by atoms with Crippen LogP contribution in [0.3, 0.4) is 0 Å². The highest BCUT2D eigenvalue weighted by atomic mass is 35.5. The number of nitrogens with one attached hydrogen (secondary N) is 2. The molecule has 3 nitrogen and oxygen atoms in total. The summed E-state index contributed by atoms with van der Waals surface area (Å²) < 4.78 is 0. The first kappa shape index (κ1) is 10.0. The molecule has 1 amide bonds. The Labute approximate surface area is 92.1 Å². The molecule has 2 unspecified atom stereocenters. The van der Waals surface area contributed by atoms with Crippen molar-refractivity contribution < 1.29 is 4.79 Å². The number of halogens is 2. The third-order valence-corrected chi connectivity index (χ3v) is 3.17. The van der Waals surface area contributed by atoms with Crippen molar-refractivity contribution in [3.8, 4) is 0 Å². The summed E-state index contributed by atoms with van der Waals surface area (Å²) in [5.74, 6) is 0.00780. The highest BCUT2D eigenvalue weighted by molar-refractivity contribution is 6.37. The van der Waals surface area contributed by atoms with E-state index in [0.717, 1.165) is 5.57 Å². The van der Waals surface area contributed by atoms with Gasteiger partial charge in [-0.1, -0.05) is 17.7 Å². The molecule has 0 radical (unpaired) electrons. The van der Waals surface area contributed by atoms with Gasteiger partial charge in [0, 0.05) is 5.03 Å². The van der Waals surface area contributed by atoms with Gasteiger partial charge in [0.15, 0.2) is 0 Å². The lowest BCUT2D eigenvalue weighted by atomic mass is 10.0. The largest absolute Gasteiger partial charge is 0.336 e. The smallest absolute Gasteiger partial charge is 0.235 e. The summed E-state index contributed by atoms with van der Waals surface area (Å²) in [6.07, 6.45) is 4.40. The van der Waals surface area contributed by atoms with E-state index in [0.29, 0.717) is 18.0 Å². The van der Waals surface area contributed by atoms with Gasteiger partial charge in [-0.25, -0.2) is 0 Å². The Morgan fingerprint density at radius 1 is 1.50 bits per heavy atom. The topological polar surface area (TPSA) is 41.1 Å². The maximum atomic E-state index is 11.0. The maximum Gasteiger partial charge on any atom is 0.235 e. The zero-order valence-electron chi connectivity index (χ0n) is 7.39. The van der Waals surface area contributed by atoms with Crippen LogP contribution in [0.1, 0.15) is 6.42 Å². The van der Waals surface area contributed by atoms with Crippen LogP contribution in [0.2, 0.25) is 0 Å².